The second-order valence-electron chi connectivity index (χ2n) is 5.63. The van der Waals surface area contributed by atoms with Gasteiger partial charge in [0, 0.05) is 22.6 Å². The Bertz CT molecular complexity index is 964. The zero-order valence-corrected chi connectivity index (χ0v) is 14.6. The Labute approximate surface area is 155 Å². The first kappa shape index (κ1) is 16.4. The number of para-hydroxylation sites is 1. The molecule has 0 fully saturated rings. The molecule has 7 heteroatoms. The first-order chi connectivity index (χ1) is 12.7. The van der Waals surface area contributed by atoms with E-state index in [4.69, 9.17) is 4.74 Å². The van der Waals surface area contributed by atoms with Gasteiger partial charge in [0.2, 0.25) is 11.0 Å². The summed E-state index contributed by atoms with van der Waals surface area (Å²) in [5.41, 5.74) is 3.10. The minimum absolute atomic E-state index is 0.175. The number of hydrogen-bond acceptors (Lipinski definition) is 7. The summed E-state index contributed by atoms with van der Waals surface area (Å²) in [5, 5.41) is 22.2. The van der Waals surface area contributed by atoms with Gasteiger partial charge in [0.15, 0.2) is 11.9 Å². The molecule has 0 spiro atoms. The average Bonchev–Trinajstić information content (AvgIpc) is 2.83. The van der Waals surface area contributed by atoms with Gasteiger partial charge in [-0.05, 0) is 18.2 Å². The minimum atomic E-state index is -0.515. The normalized spacial score (nSPS) is 15.0. The maximum atomic E-state index is 9.81. The first-order valence-corrected chi connectivity index (χ1v) is 9.03. The smallest absolute Gasteiger partial charge is 0.247 e. The van der Waals surface area contributed by atoms with E-state index in [-0.39, 0.29) is 5.75 Å². The van der Waals surface area contributed by atoms with Gasteiger partial charge in [-0.2, -0.15) is 4.98 Å². The molecule has 3 aromatic rings. The molecule has 0 saturated heterocycles. The van der Waals surface area contributed by atoms with Crippen molar-refractivity contribution in [1.29, 1.82) is 0 Å². The van der Waals surface area contributed by atoms with Gasteiger partial charge in [-0.3, -0.25) is 0 Å². The molecule has 26 heavy (non-hydrogen) atoms. The van der Waals surface area contributed by atoms with Crippen molar-refractivity contribution in [2.45, 2.75) is 11.4 Å². The van der Waals surface area contributed by atoms with E-state index in [2.05, 4.69) is 27.1 Å². The summed E-state index contributed by atoms with van der Waals surface area (Å²) in [6.07, 6.45) is 1.27. The van der Waals surface area contributed by atoms with Crippen LogP contribution in [0.1, 0.15) is 11.8 Å². The Morgan fingerprint density at radius 2 is 2.08 bits per heavy atom. The van der Waals surface area contributed by atoms with Crippen LogP contribution >= 0.6 is 11.8 Å². The van der Waals surface area contributed by atoms with Crippen LogP contribution in [-0.2, 0) is 0 Å². The van der Waals surface area contributed by atoms with E-state index in [1.807, 2.05) is 30.3 Å². The van der Waals surface area contributed by atoms with Gasteiger partial charge < -0.3 is 15.2 Å². The summed E-state index contributed by atoms with van der Waals surface area (Å²) in [7, 11) is 0. The molecule has 0 unspecified atom stereocenters. The molecule has 1 aromatic heterocycles. The Kier molecular flexibility index (Phi) is 4.45. The number of nitrogens with one attached hydrogen (secondary N) is 1. The molecule has 2 heterocycles. The average molecular weight is 364 g/mol. The van der Waals surface area contributed by atoms with E-state index >= 15 is 0 Å². The summed E-state index contributed by atoms with van der Waals surface area (Å²) < 4.78 is 6.13. The van der Waals surface area contributed by atoms with Crippen LogP contribution in [0.2, 0.25) is 0 Å². The summed E-state index contributed by atoms with van der Waals surface area (Å²) in [4.78, 5) is 4.52. The highest BCUT2D eigenvalue weighted by Crippen LogP contribution is 2.39. The van der Waals surface area contributed by atoms with Gasteiger partial charge in [-0.15, -0.1) is 16.8 Å². The standard InChI is InChI=1S/C19H16N4O2S/c1-2-10-26-19-21-18-16(22-23-19)14-8-3-4-9-15(14)20-17(25-18)12-6-5-7-13(24)11-12/h2-9,11,17,20,24H,1,10H2/t17-/m1/s1. The number of anilines is 1. The molecule has 1 aliphatic heterocycles. The lowest BCUT2D eigenvalue weighted by Gasteiger charge is -2.19. The SMILES string of the molecule is C=CCSc1nnc2c(n1)O[C@H](c1cccc(O)c1)Nc1ccccc1-2. The highest BCUT2D eigenvalue weighted by atomic mass is 32.2. The lowest BCUT2D eigenvalue weighted by Crippen LogP contribution is -2.17. The van der Waals surface area contributed by atoms with E-state index in [0.29, 0.717) is 22.5 Å². The van der Waals surface area contributed by atoms with E-state index in [9.17, 15) is 5.11 Å². The van der Waals surface area contributed by atoms with Crippen LogP contribution in [0.4, 0.5) is 5.69 Å². The first-order valence-electron chi connectivity index (χ1n) is 8.04. The maximum Gasteiger partial charge on any atom is 0.247 e. The third-order valence-electron chi connectivity index (χ3n) is 3.84. The van der Waals surface area contributed by atoms with Gasteiger partial charge in [0.05, 0.1) is 0 Å². The molecule has 0 bridgehead atoms. The van der Waals surface area contributed by atoms with Crippen molar-refractivity contribution in [2.75, 3.05) is 11.1 Å². The second kappa shape index (κ2) is 7.05. The molecule has 0 radical (unpaired) electrons. The lowest BCUT2D eigenvalue weighted by atomic mass is 10.1. The molecule has 0 aliphatic carbocycles. The molecule has 1 aliphatic rings. The van der Waals surface area contributed by atoms with E-state index in [0.717, 1.165) is 16.8 Å². The second-order valence-corrected chi connectivity index (χ2v) is 6.62. The van der Waals surface area contributed by atoms with Crippen molar-refractivity contribution in [3.63, 3.8) is 0 Å². The Morgan fingerprint density at radius 1 is 1.19 bits per heavy atom. The predicted molar refractivity (Wildman–Crippen MR) is 101 cm³/mol. The van der Waals surface area contributed by atoms with Crippen LogP contribution in [0.25, 0.3) is 11.3 Å². The lowest BCUT2D eigenvalue weighted by molar-refractivity contribution is 0.225. The fourth-order valence-corrected chi connectivity index (χ4v) is 3.19. The van der Waals surface area contributed by atoms with Crippen molar-refractivity contribution in [2.24, 2.45) is 0 Å². The number of phenolic OH excluding ortho intramolecular Hbond substituents is 1. The molecule has 2 aromatic carbocycles. The number of hydrogen-bond donors (Lipinski definition) is 2. The third-order valence-corrected chi connectivity index (χ3v) is 4.67. The molecular formula is C19H16N4O2S. The quantitative estimate of drug-likeness (QED) is 0.534. The van der Waals surface area contributed by atoms with Gasteiger partial charge in [0.1, 0.15) is 5.75 Å². The molecule has 2 N–H and O–H groups in total. The van der Waals surface area contributed by atoms with E-state index < -0.39 is 6.23 Å². The summed E-state index contributed by atoms with van der Waals surface area (Å²) in [6.45, 7) is 3.71. The summed E-state index contributed by atoms with van der Waals surface area (Å²) >= 11 is 1.44. The number of benzene rings is 2. The molecular weight excluding hydrogens is 348 g/mol. The molecule has 6 nitrogen and oxygen atoms in total. The highest BCUT2D eigenvalue weighted by molar-refractivity contribution is 7.99. The van der Waals surface area contributed by atoms with Gasteiger partial charge in [-0.1, -0.05) is 48.2 Å². The van der Waals surface area contributed by atoms with Crippen LogP contribution in [0.5, 0.6) is 11.6 Å². The zero-order valence-electron chi connectivity index (χ0n) is 13.8. The van der Waals surface area contributed by atoms with E-state index in [1.165, 1.54) is 11.8 Å². The molecule has 4 rings (SSSR count). The Balaban J connectivity index is 1.80. The topological polar surface area (TPSA) is 80.2 Å². The Hall–Kier alpha value is -3.06. The van der Waals surface area contributed by atoms with Crippen molar-refractivity contribution < 1.29 is 9.84 Å². The molecule has 0 saturated carbocycles. The van der Waals surface area contributed by atoms with Gasteiger partial charge in [-0.25, -0.2) is 0 Å². The summed E-state index contributed by atoms with van der Waals surface area (Å²) in [5.74, 6) is 1.26. The predicted octanol–water partition coefficient (Wildman–Crippen LogP) is 4.03. The largest absolute Gasteiger partial charge is 0.508 e. The molecule has 0 amide bonds. The minimum Gasteiger partial charge on any atom is -0.508 e. The number of rotatable bonds is 4. The number of nitrogens with zero attached hydrogens (tertiary/aromatic N) is 3. The van der Waals surface area contributed by atoms with Crippen LogP contribution in [0, 0.1) is 0 Å². The number of fused-ring (bicyclic) bond motifs is 3. The van der Waals surface area contributed by atoms with Gasteiger partial charge in [0.25, 0.3) is 0 Å². The van der Waals surface area contributed by atoms with Gasteiger partial charge >= 0.3 is 0 Å². The van der Waals surface area contributed by atoms with Crippen molar-refractivity contribution in [3.8, 4) is 22.9 Å². The highest BCUT2D eigenvalue weighted by Gasteiger charge is 2.26. The van der Waals surface area contributed by atoms with Crippen LogP contribution in [0.3, 0.4) is 0 Å². The zero-order chi connectivity index (χ0) is 17.9. The van der Waals surface area contributed by atoms with E-state index in [1.54, 1.807) is 24.3 Å². The number of thioether (sulfide) groups is 1. The van der Waals surface area contributed by atoms with Crippen molar-refractivity contribution in [1.82, 2.24) is 15.2 Å². The van der Waals surface area contributed by atoms with Crippen LogP contribution in [-0.4, -0.2) is 26.0 Å². The fraction of sp³-hybridized carbons (Fsp3) is 0.105. The molecule has 1 atom stereocenters. The maximum absolute atomic E-state index is 9.81. The van der Waals surface area contributed by atoms with Crippen molar-refractivity contribution >= 4 is 17.4 Å². The number of ether oxygens (including phenoxy) is 1. The number of phenols is 1. The summed E-state index contributed by atoms with van der Waals surface area (Å²) in [6, 6.07) is 14.7. The molecule has 130 valence electrons. The van der Waals surface area contributed by atoms with Crippen LogP contribution in [0.15, 0.2) is 66.3 Å². The van der Waals surface area contributed by atoms with Crippen molar-refractivity contribution in [3.05, 3.63) is 66.7 Å². The number of aromatic hydroxyl groups is 1. The third kappa shape index (κ3) is 3.21. The fourth-order valence-electron chi connectivity index (χ4n) is 2.68. The number of aromatic nitrogens is 3. The van der Waals surface area contributed by atoms with Crippen LogP contribution < -0.4 is 10.1 Å². The Morgan fingerprint density at radius 3 is 2.92 bits per heavy atom. The monoisotopic (exact) mass is 364 g/mol.